The number of fused-ring (bicyclic) bond motifs is 1. The molecule has 0 unspecified atom stereocenters. The van der Waals surface area contributed by atoms with Crippen LogP contribution in [0.4, 0.5) is 0 Å². The van der Waals surface area contributed by atoms with Crippen LogP contribution in [-0.4, -0.2) is 39.6 Å². The molecule has 8 heteroatoms. The topological polar surface area (TPSA) is 80.3 Å². The zero-order valence-electron chi connectivity index (χ0n) is 16.0. The largest absolute Gasteiger partial charge is 0.308 e. The summed E-state index contributed by atoms with van der Waals surface area (Å²) in [6.07, 6.45) is 4.01. The van der Waals surface area contributed by atoms with Crippen molar-refractivity contribution in [2.24, 2.45) is 0 Å². The Labute approximate surface area is 177 Å². The van der Waals surface area contributed by atoms with Crippen molar-refractivity contribution in [2.75, 3.05) is 11.5 Å². The first kappa shape index (κ1) is 20.8. The highest BCUT2D eigenvalue weighted by Crippen LogP contribution is 2.30. The summed E-state index contributed by atoms with van der Waals surface area (Å²) in [6.45, 7) is 0.316. The number of benzene rings is 2. The molecule has 0 bridgehead atoms. The van der Waals surface area contributed by atoms with Gasteiger partial charge in [0.2, 0.25) is 0 Å². The maximum absolute atomic E-state index is 13.4. The molecule has 1 heterocycles. The van der Waals surface area contributed by atoms with E-state index in [1.807, 2.05) is 24.3 Å². The lowest BCUT2D eigenvalue weighted by molar-refractivity contribution is 0.526. The Bertz CT molecular complexity index is 1130. The van der Waals surface area contributed by atoms with E-state index in [9.17, 15) is 16.8 Å². The van der Waals surface area contributed by atoms with Gasteiger partial charge in [-0.3, -0.25) is 0 Å². The van der Waals surface area contributed by atoms with Crippen LogP contribution in [0.2, 0.25) is 5.02 Å². The summed E-state index contributed by atoms with van der Waals surface area (Å²) >= 11 is 6.18. The van der Waals surface area contributed by atoms with Crippen molar-refractivity contribution >= 4 is 31.3 Å². The normalized spacial score (nSPS) is 23.6. The van der Waals surface area contributed by atoms with Crippen LogP contribution in [0.25, 0.3) is 0 Å². The van der Waals surface area contributed by atoms with Gasteiger partial charge < -0.3 is 5.32 Å². The predicted octanol–water partition coefficient (Wildman–Crippen LogP) is 2.95. The van der Waals surface area contributed by atoms with Gasteiger partial charge in [0.25, 0.3) is 0 Å². The molecule has 1 aliphatic carbocycles. The monoisotopic (exact) mass is 453 g/mol. The Kier molecular flexibility index (Phi) is 5.77. The van der Waals surface area contributed by atoms with Gasteiger partial charge in [0.15, 0.2) is 19.7 Å². The summed E-state index contributed by atoms with van der Waals surface area (Å²) < 4.78 is 51.4. The zero-order chi connectivity index (χ0) is 20.6. The number of aryl methyl sites for hydroxylation is 2. The van der Waals surface area contributed by atoms with Crippen molar-refractivity contribution in [2.45, 2.75) is 48.4 Å². The van der Waals surface area contributed by atoms with Gasteiger partial charge in [0.05, 0.1) is 21.7 Å². The summed E-state index contributed by atoms with van der Waals surface area (Å²) in [6, 6.07) is 11.9. The van der Waals surface area contributed by atoms with Crippen molar-refractivity contribution in [1.82, 2.24) is 5.32 Å². The van der Waals surface area contributed by atoms with Crippen LogP contribution in [-0.2, 0) is 39.1 Å². The maximum Gasteiger partial charge on any atom is 0.183 e. The minimum absolute atomic E-state index is 0.188. The van der Waals surface area contributed by atoms with E-state index >= 15 is 0 Å². The third-order valence-electron chi connectivity index (χ3n) is 5.86. The van der Waals surface area contributed by atoms with Crippen LogP contribution in [0.3, 0.4) is 0 Å². The molecule has 4 rings (SSSR count). The second kappa shape index (κ2) is 8.02. The second-order valence-electron chi connectivity index (χ2n) is 7.88. The van der Waals surface area contributed by atoms with Crippen LogP contribution in [0.5, 0.6) is 0 Å². The first-order valence-corrected chi connectivity index (χ1v) is 13.5. The van der Waals surface area contributed by atoms with E-state index < -0.39 is 31.0 Å². The predicted molar refractivity (Wildman–Crippen MR) is 115 cm³/mol. The molecular formula is C21H24ClNO4S2. The van der Waals surface area contributed by atoms with E-state index in [-0.39, 0.29) is 16.4 Å². The Morgan fingerprint density at radius 3 is 2.48 bits per heavy atom. The molecule has 1 aliphatic heterocycles. The van der Waals surface area contributed by atoms with Gasteiger partial charge in [-0.25, -0.2) is 16.8 Å². The van der Waals surface area contributed by atoms with Gasteiger partial charge >= 0.3 is 0 Å². The third-order valence-corrected chi connectivity index (χ3v) is 10.4. The highest BCUT2D eigenvalue weighted by atomic mass is 35.5. The van der Waals surface area contributed by atoms with Crippen molar-refractivity contribution < 1.29 is 16.8 Å². The molecule has 0 aromatic heterocycles. The van der Waals surface area contributed by atoms with Crippen LogP contribution >= 0.6 is 11.6 Å². The van der Waals surface area contributed by atoms with E-state index in [2.05, 4.69) is 5.32 Å². The average molecular weight is 454 g/mol. The highest BCUT2D eigenvalue weighted by Gasteiger charge is 2.45. The first-order chi connectivity index (χ1) is 13.8. The van der Waals surface area contributed by atoms with Gasteiger partial charge in [-0.15, -0.1) is 0 Å². The molecule has 5 nitrogen and oxygen atoms in total. The van der Waals surface area contributed by atoms with Crippen molar-refractivity contribution in [3.8, 4) is 0 Å². The lowest BCUT2D eigenvalue weighted by Gasteiger charge is -2.22. The lowest BCUT2D eigenvalue weighted by atomic mass is 9.92. The molecule has 1 fully saturated rings. The summed E-state index contributed by atoms with van der Waals surface area (Å²) in [4.78, 5) is 0.227. The molecule has 29 heavy (non-hydrogen) atoms. The minimum atomic E-state index is -3.78. The van der Waals surface area contributed by atoms with E-state index in [1.165, 1.54) is 5.56 Å². The fraction of sp³-hybridized carbons (Fsp3) is 0.429. The van der Waals surface area contributed by atoms with Crippen molar-refractivity contribution in [3.63, 3.8) is 0 Å². The van der Waals surface area contributed by atoms with E-state index in [1.54, 1.807) is 18.2 Å². The van der Waals surface area contributed by atoms with Crippen LogP contribution in [0.15, 0.2) is 47.4 Å². The fourth-order valence-corrected chi connectivity index (χ4v) is 9.22. The molecule has 2 aromatic carbocycles. The SMILES string of the molecule is O=S1(=O)C[C@H](NCc2ccccc2Cl)[C@@H](S(=O)(=O)c2ccc3c(c2)CCCC3)C1. The number of sulfone groups is 2. The van der Waals surface area contributed by atoms with Crippen molar-refractivity contribution in [3.05, 3.63) is 64.2 Å². The van der Waals surface area contributed by atoms with Gasteiger partial charge in [0, 0.05) is 17.6 Å². The Hall–Kier alpha value is -1.41. The Balaban J connectivity index is 1.61. The number of hydrogen-bond acceptors (Lipinski definition) is 5. The number of halogens is 1. The Morgan fingerprint density at radius 2 is 1.72 bits per heavy atom. The summed E-state index contributed by atoms with van der Waals surface area (Å²) in [5.74, 6) is -0.543. The number of hydrogen-bond donors (Lipinski definition) is 1. The second-order valence-corrected chi connectivity index (χ2v) is 12.6. The van der Waals surface area contributed by atoms with E-state index in [0.29, 0.717) is 11.6 Å². The van der Waals surface area contributed by atoms with E-state index in [0.717, 1.165) is 36.8 Å². The highest BCUT2D eigenvalue weighted by molar-refractivity contribution is 7.96. The summed E-state index contributed by atoms with van der Waals surface area (Å²) in [7, 11) is -7.22. The van der Waals surface area contributed by atoms with Gasteiger partial charge in [0.1, 0.15) is 0 Å². The quantitative estimate of drug-likeness (QED) is 0.752. The number of nitrogens with one attached hydrogen (secondary N) is 1. The van der Waals surface area contributed by atoms with Crippen molar-refractivity contribution in [1.29, 1.82) is 0 Å². The van der Waals surface area contributed by atoms with Gasteiger partial charge in [-0.05, 0) is 60.6 Å². The molecule has 1 saturated heterocycles. The van der Waals surface area contributed by atoms with Crippen LogP contribution < -0.4 is 5.32 Å². The fourth-order valence-electron chi connectivity index (χ4n) is 4.26. The molecular weight excluding hydrogens is 430 g/mol. The standard InChI is InChI=1S/C21H24ClNO4S2/c22-19-8-4-3-7-17(19)12-23-20-13-28(24,25)14-21(20)29(26,27)18-10-9-15-5-1-2-6-16(15)11-18/h3-4,7-11,20-21,23H,1-2,5-6,12-14H2/t20-,21-/m0/s1. The molecule has 0 amide bonds. The lowest BCUT2D eigenvalue weighted by Crippen LogP contribution is -2.43. The van der Waals surface area contributed by atoms with Gasteiger partial charge in [-0.1, -0.05) is 35.9 Å². The summed E-state index contributed by atoms with van der Waals surface area (Å²) in [5.41, 5.74) is 3.07. The van der Waals surface area contributed by atoms with Crippen LogP contribution in [0.1, 0.15) is 29.5 Å². The molecule has 0 spiro atoms. The van der Waals surface area contributed by atoms with Crippen LogP contribution in [0, 0.1) is 0 Å². The molecule has 2 atom stereocenters. The average Bonchev–Trinajstić information content (AvgIpc) is 3.02. The third kappa shape index (κ3) is 4.38. The minimum Gasteiger partial charge on any atom is -0.308 e. The summed E-state index contributed by atoms with van der Waals surface area (Å²) in [5, 5.41) is 2.70. The molecule has 1 N–H and O–H groups in total. The zero-order valence-corrected chi connectivity index (χ0v) is 18.4. The molecule has 2 aromatic rings. The smallest absolute Gasteiger partial charge is 0.183 e. The molecule has 2 aliphatic rings. The number of rotatable bonds is 5. The Morgan fingerprint density at radius 1 is 1.00 bits per heavy atom. The first-order valence-electron chi connectivity index (χ1n) is 9.79. The maximum atomic E-state index is 13.4. The molecule has 156 valence electrons. The van der Waals surface area contributed by atoms with Gasteiger partial charge in [-0.2, -0.15) is 0 Å². The molecule has 0 radical (unpaired) electrons. The molecule has 0 saturated carbocycles. The van der Waals surface area contributed by atoms with E-state index in [4.69, 9.17) is 11.6 Å².